The summed E-state index contributed by atoms with van der Waals surface area (Å²) in [5.74, 6) is -8.09. The van der Waals surface area contributed by atoms with Crippen LogP contribution < -0.4 is 5.32 Å². The number of hydrogen-bond donors (Lipinski definition) is 5. The van der Waals surface area contributed by atoms with Crippen molar-refractivity contribution in [3.63, 3.8) is 0 Å². The largest absolute Gasteiger partial charge is 0.481 e. The SMILES string of the molecule is O=C(O)CC(C(=O)O)C(OC(=O)[C@H]1NCCC1O)C(=O)O. The summed E-state index contributed by atoms with van der Waals surface area (Å²) in [7, 11) is 0. The summed E-state index contributed by atoms with van der Waals surface area (Å²) < 4.78 is 4.59. The zero-order valence-corrected chi connectivity index (χ0v) is 10.8. The smallest absolute Gasteiger partial charge is 0.345 e. The van der Waals surface area contributed by atoms with E-state index in [0.29, 0.717) is 6.54 Å². The molecule has 1 aliphatic heterocycles. The Kier molecular flexibility index (Phi) is 5.61. The van der Waals surface area contributed by atoms with Crippen LogP contribution in [0.2, 0.25) is 0 Å². The predicted molar refractivity (Wildman–Crippen MR) is 63.3 cm³/mol. The Morgan fingerprint density at radius 1 is 1.14 bits per heavy atom. The number of aliphatic carboxylic acids is 3. The second kappa shape index (κ2) is 6.99. The number of carboxylic acid groups (broad SMARTS) is 3. The summed E-state index contributed by atoms with van der Waals surface area (Å²) in [6, 6.07) is -1.16. The van der Waals surface area contributed by atoms with Gasteiger partial charge in [0, 0.05) is 0 Å². The second-order valence-corrected chi connectivity index (χ2v) is 4.53. The number of hydrogen-bond acceptors (Lipinski definition) is 7. The summed E-state index contributed by atoms with van der Waals surface area (Å²) in [5, 5.41) is 38.5. The van der Waals surface area contributed by atoms with Crippen molar-refractivity contribution in [2.75, 3.05) is 6.54 Å². The summed E-state index contributed by atoms with van der Waals surface area (Å²) in [4.78, 5) is 44.3. The van der Waals surface area contributed by atoms with Gasteiger partial charge in [0.05, 0.1) is 12.5 Å². The fraction of sp³-hybridized carbons (Fsp3) is 0.636. The number of rotatable bonds is 7. The normalized spacial score (nSPS) is 24.0. The lowest BCUT2D eigenvalue weighted by molar-refractivity contribution is -0.176. The molecule has 118 valence electrons. The molecule has 5 N–H and O–H groups in total. The highest BCUT2D eigenvalue weighted by molar-refractivity contribution is 5.88. The van der Waals surface area contributed by atoms with E-state index in [1.807, 2.05) is 0 Å². The van der Waals surface area contributed by atoms with E-state index < -0.39 is 54.5 Å². The van der Waals surface area contributed by atoms with Gasteiger partial charge in [-0.15, -0.1) is 0 Å². The number of aliphatic hydroxyl groups is 1. The molecule has 0 saturated carbocycles. The first-order chi connectivity index (χ1) is 9.73. The molecular formula is C11H15NO9. The standard InChI is InChI=1S/C11H15NO9/c13-5-1-2-12-7(5)11(20)21-8(10(18)19)4(9(16)17)3-6(14)15/h4-5,7-8,12-13H,1-3H2,(H,14,15)(H,16,17)(H,18,19)/t4?,5?,7-,8?/m0/s1. The third-order valence-corrected chi connectivity index (χ3v) is 3.01. The predicted octanol–water partition coefficient (Wildman–Crippen LogP) is -2.12. The summed E-state index contributed by atoms with van der Waals surface area (Å²) in [6.45, 7) is 0.316. The van der Waals surface area contributed by atoms with E-state index >= 15 is 0 Å². The number of carbonyl (C=O) groups is 4. The van der Waals surface area contributed by atoms with Crippen LogP contribution in [0.4, 0.5) is 0 Å². The molecule has 4 atom stereocenters. The van der Waals surface area contributed by atoms with Crippen LogP contribution in [0.25, 0.3) is 0 Å². The molecule has 1 heterocycles. The van der Waals surface area contributed by atoms with E-state index in [2.05, 4.69) is 10.1 Å². The van der Waals surface area contributed by atoms with Crippen LogP contribution in [0, 0.1) is 5.92 Å². The van der Waals surface area contributed by atoms with Gasteiger partial charge in [0.2, 0.25) is 6.10 Å². The summed E-state index contributed by atoms with van der Waals surface area (Å²) in [6.07, 6.45) is -3.98. The molecule has 21 heavy (non-hydrogen) atoms. The van der Waals surface area contributed by atoms with Gasteiger partial charge >= 0.3 is 23.9 Å². The molecule has 0 aromatic rings. The Labute approximate surface area is 118 Å². The highest BCUT2D eigenvalue weighted by Crippen LogP contribution is 2.17. The Hall–Kier alpha value is -2.20. The molecule has 0 bridgehead atoms. The van der Waals surface area contributed by atoms with Crippen molar-refractivity contribution in [3.05, 3.63) is 0 Å². The van der Waals surface area contributed by atoms with Crippen LogP contribution in [0.1, 0.15) is 12.8 Å². The lowest BCUT2D eigenvalue weighted by Crippen LogP contribution is -2.46. The molecule has 0 aromatic carbocycles. The van der Waals surface area contributed by atoms with Crippen LogP contribution in [-0.2, 0) is 23.9 Å². The highest BCUT2D eigenvalue weighted by Gasteiger charge is 2.41. The van der Waals surface area contributed by atoms with E-state index in [-0.39, 0.29) is 6.42 Å². The minimum Gasteiger partial charge on any atom is -0.481 e. The molecule has 1 saturated heterocycles. The highest BCUT2D eigenvalue weighted by atomic mass is 16.6. The first-order valence-electron chi connectivity index (χ1n) is 6.03. The first-order valence-corrected chi connectivity index (χ1v) is 6.03. The average molecular weight is 305 g/mol. The zero-order chi connectivity index (χ0) is 16.2. The monoisotopic (exact) mass is 305 g/mol. The van der Waals surface area contributed by atoms with Gasteiger partial charge in [0.25, 0.3) is 0 Å². The number of esters is 1. The summed E-state index contributed by atoms with van der Waals surface area (Å²) >= 11 is 0. The lowest BCUT2D eigenvalue weighted by atomic mass is 9.98. The van der Waals surface area contributed by atoms with Crippen LogP contribution >= 0.6 is 0 Å². The van der Waals surface area contributed by atoms with Gasteiger partial charge in [-0.2, -0.15) is 0 Å². The van der Waals surface area contributed by atoms with E-state index in [1.54, 1.807) is 0 Å². The van der Waals surface area contributed by atoms with Gasteiger partial charge in [-0.1, -0.05) is 0 Å². The maximum Gasteiger partial charge on any atom is 0.345 e. The third-order valence-electron chi connectivity index (χ3n) is 3.01. The van der Waals surface area contributed by atoms with Gasteiger partial charge in [0.15, 0.2) is 0 Å². The Morgan fingerprint density at radius 2 is 1.76 bits per heavy atom. The molecule has 0 amide bonds. The fourth-order valence-electron chi connectivity index (χ4n) is 1.94. The lowest BCUT2D eigenvalue weighted by Gasteiger charge is -2.22. The van der Waals surface area contributed by atoms with Crippen molar-refractivity contribution in [3.8, 4) is 0 Å². The Bertz CT molecular complexity index is 449. The maximum atomic E-state index is 11.7. The van der Waals surface area contributed by atoms with Crippen molar-refractivity contribution in [1.29, 1.82) is 0 Å². The van der Waals surface area contributed by atoms with Crippen molar-refractivity contribution in [2.24, 2.45) is 5.92 Å². The average Bonchev–Trinajstić information content (AvgIpc) is 2.78. The number of carbonyl (C=O) groups excluding carboxylic acids is 1. The molecule has 0 spiro atoms. The van der Waals surface area contributed by atoms with E-state index in [4.69, 9.17) is 15.3 Å². The topological polar surface area (TPSA) is 170 Å². The van der Waals surface area contributed by atoms with Gasteiger partial charge < -0.3 is 30.5 Å². The molecule has 1 fully saturated rings. The first kappa shape index (κ1) is 16.9. The van der Waals surface area contributed by atoms with Gasteiger partial charge in [-0.3, -0.25) is 14.4 Å². The molecule has 3 unspecified atom stereocenters. The van der Waals surface area contributed by atoms with Crippen molar-refractivity contribution < 1.29 is 44.3 Å². The minimum absolute atomic E-state index is 0.259. The molecule has 0 radical (unpaired) electrons. The number of aliphatic hydroxyl groups excluding tert-OH is 1. The van der Waals surface area contributed by atoms with Crippen LogP contribution in [0.3, 0.4) is 0 Å². The molecule has 0 aromatic heterocycles. The zero-order valence-electron chi connectivity index (χ0n) is 10.8. The van der Waals surface area contributed by atoms with Crippen molar-refractivity contribution in [2.45, 2.75) is 31.1 Å². The van der Waals surface area contributed by atoms with E-state index in [1.165, 1.54) is 0 Å². The Balaban J connectivity index is 2.84. The van der Waals surface area contributed by atoms with Gasteiger partial charge in [0.1, 0.15) is 12.0 Å². The Morgan fingerprint density at radius 3 is 2.14 bits per heavy atom. The molecule has 10 heteroatoms. The van der Waals surface area contributed by atoms with Crippen LogP contribution in [-0.4, -0.2) is 69.1 Å². The van der Waals surface area contributed by atoms with Crippen LogP contribution in [0.15, 0.2) is 0 Å². The molecule has 0 aliphatic carbocycles. The minimum atomic E-state index is -2.15. The van der Waals surface area contributed by atoms with E-state index in [9.17, 15) is 24.3 Å². The second-order valence-electron chi connectivity index (χ2n) is 4.53. The van der Waals surface area contributed by atoms with Crippen molar-refractivity contribution in [1.82, 2.24) is 5.32 Å². The molecular weight excluding hydrogens is 290 g/mol. The fourth-order valence-corrected chi connectivity index (χ4v) is 1.94. The van der Waals surface area contributed by atoms with E-state index in [0.717, 1.165) is 0 Å². The molecule has 1 aliphatic rings. The third kappa shape index (κ3) is 4.39. The van der Waals surface area contributed by atoms with Crippen LogP contribution in [0.5, 0.6) is 0 Å². The number of nitrogens with one attached hydrogen (secondary N) is 1. The number of ether oxygens (including phenoxy) is 1. The van der Waals surface area contributed by atoms with Crippen molar-refractivity contribution >= 4 is 23.9 Å². The quantitative estimate of drug-likeness (QED) is 0.327. The number of carboxylic acids is 3. The van der Waals surface area contributed by atoms with Gasteiger partial charge in [-0.05, 0) is 13.0 Å². The van der Waals surface area contributed by atoms with Gasteiger partial charge in [-0.25, -0.2) is 4.79 Å². The molecule has 1 rings (SSSR count). The summed E-state index contributed by atoms with van der Waals surface area (Å²) in [5.41, 5.74) is 0. The molecule has 10 nitrogen and oxygen atoms in total. The maximum absolute atomic E-state index is 11.7.